The highest BCUT2D eigenvalue weighted by molar-refractivity contribution is 6.07. The molecule has 0 saturated carbocycles. The standard InChI is InChI=1S/C23H16N8O/c24-20-15(14-5-1-6-17-16(14)12-26-30-17)10-18(31-9-3-8-27-31)21-19(20)23(32)29-22(28-21)13-4-2-7-25-11-13/h1-12H,24H2,(H,26,30)(H,28,29,32). The molecule has 0 atom stereocenters. The van der Waals surface area contributed by atoms with Crippen LogP contribution in [0.3, 0.4) is 0 Å². The molecule has 0 unspecified atom stereocenters. The van der Waals surface area contributed by atoms with Gasteiger partial charge in [0.25, 0.3) is 5.56 Å². The molecule has 9 nitrogen and oxygen atoms in total. The molecule has 2 aromatic carbocycles. The molecule has 4 N–H and O–H groups in total. The van der Waals surface area contributed by atoms with Crippen molar-refractivity contribution in [3.8, 4) is 28.2 Å². The van der Waals surface area contributed by atoms with Crippen molar-refractivity contribution in [1.29, 1.82) is 0 Å². The Morgan fingerprint density at radius 3 is 2.75 bits per heavy atom. The van der Waals surface area contributed by atoms with Crippen molar-refractivity contribution in [2.75, 3.05) is 5.73 Å². The van der Waals surface area contributed by atoms with E-state index >= 15 is 0 Å². The minimum absolute atomic E-state index is 0.307. The van der Waals surface area contributed by atoms with E-state index in [9.17, 15) is 4.79 Å². The summed E-state index contributed by atoms with van der Waals surface area (Å²) in [4.78, 5) is 25.0. The number of nitrogens with one attached hydrogen (secondary N) is 2. The number of hydrogen-bond donors (Lipinski definition) is 3. The van der Waals surface area contributed by atoms with Crippen LogP contribution in [-0.4, -0.2) is 34.9 Å². The topological polar surface area (TPSA) is 131 Å². The minimum atomic E-state index is -0.332. The van der Waals surface area contributed by atoms with Crippen LogP contribution in [-0.2, 0) is 0 Å². The van der Waals surface area contributed by atoms with Gasteiger partial charge in [0.15, 0.2) is 0 Å². The van der Waals surface area contributed by atoms with Crippen molar-refractivity contribution in [2.45, 2.75) is 0 Å². The summed E-state index contributed by atoms with van der Waals surface area (Å²) >= 11 is 0. The lowest BCUT2D eigenvalue weighted by molar-refractivity contribution is 0.884. The van der Waals surface area contributed by atoms with Crippen LogP contribution in [0.4, 0.5) is 5.69 Å². The Balaban J connectivity index is 1.73. The number of benzene rings is 2. The Morgan fingerprint density at radius 2 is 1.94 bits per heavy atom. The first-order valence-electron chi connectivity index (χ1n) is 9.90. The number of anilines is 1. The van der Waals surface area contributed by atoms with Crippen molar-refractivity contribution >= 4 is 27.5 Å². The Kier molecular flexibility index (Phi) is 3.87. The minimum Gasteiger partial charge on any atom is -0.398 e. The van der Waals surface area contributed by atoms with Crippen molar-refractivity contribution in [2.24, 2.45) is 0 Å². The van der Waals surface area contributed by atoms with Crippen LogP contribution in [0.15, 0.2) is 78.2 Å². The maximum atomic E-state index is 13.3. The third-order valence-electron chi connectivity index (χ3n) is 5.46. The van der Waals surface area contributed by atoms with Gasteiger partial charge in [0.2, 0.25) is 0 Å². The molecule has 0 aliphatic carbocycles. The van der Waals surface area contributed by atoms with Crippen LogP contribution in [0.1, 0.15) is 0 Å². The highest BCUT2D eigenvalue weighted by Crippen LogP contribution is 2.37. The van der Waals surface area contributed by atoms with Crippen LogP contribution >= 0.6 is 0 Å². The van der Waals surface area contributed by atoms with Gasteiger partial charge in [0.1, 0.15) is 11.3 Å². The summed E-state index contributed by atoms with van der Waals surface area (Å²) in [6, 6.07) is 13.2. The van der Waals surface area contributed by atoms with Crippen LogP contribution in [0.25, 0.3) is 50.0 Å². The van der Waals surface area contributed by atoms with Gasteiger partial charge in [-0.05, 0) is 35.9 Å². The van der Waals surface area contributed by atoms with Crippen LogP contribution in [0, 0.1) is 0 Å². The van der Waals surface area contributed by atoms with Crippen LogP contribution in [0.5, 0.6) is 0 Å². The lowest BCUT2D eigenvalue weighted by Crippen LogP contribution is -2.14. The van der Waals surface area contributed by atoms with E-state index in [1.165, 1.54) is 0 Å². The second-order valence-electron chi connectivity index (χ2n) is 7.32. The monoisotopic (exact) mass is 420 g/mol. The number of rotatable bonds is 3. The summed E-state index contributed by atoms with van der Waals surface area (Å²) in [5.41, 5.74) is 10.8. The van der Waals surface area contributed by atoms with E-state index in [1.54, 1.807) is 41.7 Å². The van der Waals surface area contributed by atoms with E-state index in [0.29, 0.717) is 39.2 Å². The average Bonchev–Trinajstić information content (AvgIpc) is 3.52. The van der Waals surface area contributed by atoms with E-state index < -0.39 is 0 Å². The summed E-state index contributed by atoms with van der Waals surface area (Å²) in [6.45, 7) is 0. The quantitative estimate of drug-likeness (QED) is 0.377. The van der Waals surface area contributed by atoms with Gasteiger partial charge >= 0.3 is 0 Å². The highest BCUT2D eigenvalue weighted by Gasteiger charge is 2.20. The van der Waals surface area contributed by atoms with E-state index in [2.05, 4.69) is 25.3 Å². The van der Waals surface area contributed by atoms with Crippen molar-refractivity contribution in [1.82, 2.24) is 34.9 Å². The van der Waals surface area contributed by atoms with E-state index in [-0.39, 0.29) is 5.56 Å². The summed E-state index contributed by atoms with van der Waals surface area (Å²) in [7, 11) is 0. The van der Waals surface area contributed by atoms with Crippen molar-refractivity contribution in [3.63, 3.8) is 0 Å². The molecule has 0 aliphatic rings. The number of aromatic nitrogens is 7. The highest BCUT2D eigenvalue weighted by atomic mass is 16.1. The summed E-state index contributed by atoms with van der Waals surface area (Å²) in [5, 5.41) is 12.7. The molecule has 0 bridgehead atoms. The molecule has 0 radical (unpaired) electrons. The van der Waals surface area contributed by atoms with Gasteiger partial charge in [0.05, 0.1) is 28.5 Å². The smallest absolute Gasteiger partial charge is 0.261 e. The molecule has 6 aromatic rings. The fraction of sp³-hybridized carbons (Fsp3) is 0. The maximum absolute atomic E-state index is 13.3. The molecule has 9 heteroatoms. The molecular weight excluding hydrogens is 404 g/mol. The zero-order valence-corrected chi connectivity index (χ0v) is 16.6. The number of aromatic amines is 2. The zero-order valence-electron chi connectivity index (χ0n) is 16.6. The normalized spacial score (nSPS) is 11.4. The Labute approximate surface area is 180 Å². The summed E-state index contributed by atoms with van der Waals surface area (Å²) in [6.07, 6.45) is 8.54. The first-order chi connectivity index (χ1) is 15.7. The first-order valence-corrected chi connectivity index (χ1v) is 9.90. The summed E-state index contributed by atoms with van der Waals surface area (Å²) < 4.78 is 1.68. The summed E-state index contributed by atoms with van der Waals surface area (Å²) in [5.74, 6) is 0.410. The fourth-order valence-electron chi connectivity index (χ4n) is 3.98. The maximum Gasteiger partial charge on any atom is 0.261 e. The number of nitrogens with zero attached hydrogens (tertiary/aromatic N) is 5. The van der Waals surface area contributed by atoms with Crippen LogP contribution in [0.2, 0.25) is 0 Å². The number of hydrogen-bond acceptors (Lipinski definition) is 6. The molecular formula is C23H16N8O. The Morgan fingerprint density at radius 1 is 1.00 bits per heavy atom. The average molecular weight is 420 g/mol. The van der Waals surface area contributed by atoms with Crippen LogP contribution < -0.4 is 11.3 Å². The number of pyridine rings is 1. The van der Waals surface area contributed by atoms with Gasteiger partial charge in [-0.25, -0.2) is 9.67 Å². The molecule has 32 heavy (non-hydrogen) atoms. The second-order valence-corrected chi connectivity index (χ2v) is 7.32. The first kappa shape index (κ1) is 18.0. The lowest BCUT2D eigenvalue weighted by atomic mass is 9.97. The van der Waals surface area contributed by atoms with Crippen molar-refractivity contribution in [3.05, 3.63) is 83.8 Å². The van der Waals surface area contributed by atoms with Gasteiger partial charge in [-0.1, -0.05) is 12.1 Å². The van der Waals surface area contributed by atoms with Gasteiger partial charge < -0.3 is 10.7 Å². The molecule has 0 aliphatic heterocycles. The largest absolute Gasteiger partial charge is 0.398 e. The van der Waals surface area contributed by atoms with Gasteiger partial charge in [-0.2, -0.15) is 10.2 Å². The van der Waals surface area contributed by atoms with E-state index in [4.69, 9.17) is 10.7 Å². The molecule has 0 fully saturated rings. The molecule has 4 heterocycles. The predicted octanol–water partition coefficient (Wildman–Crippen LogP) is 3.30. The fourth-order valence-corrected chi connectivity index (χ4v) is 3.98. The van der Waals surface area contributed by atoms with E-state index in [0.717, 1.165) is 16.5 Å². The number of nitrogen functional groups attached to an aromatic ring is 1. The zero-order chi connectivity index (χ0) is 21.7. The SMILES string of the molecule is Nc1c(-c2cccc3[nH]ncc23)cc(-n2cccn2)c2nc(-c3cccnc3)[nH]c(=O)c12. The lowest BCUT2D eigenvalue weighted by Gasteiger charge is -2.15. The number of nitrogens with two attached hydrogens (primary N) is 1. The third kappa shape index (κ3) is 2.68. The van der Waals surface area contributed by atoms with Crippen molar-refractivity contribution < 1.29 is 0 Å². The van der Waals surface area contributed by atoms with E-state index in [1.807, 2.05) is 36.4 Å². The molecule has 6 rings (SSSR count). The molecule has 154 valence electrons. The Hall–Kier alpha value is -4.79. The third-order valence-corrected chi connectivity index (χ3v) is 5.46. The number of H-pyrrole nitrogens is 2. The molecule has 0 amide bonds. The Bertz CT molecular complexity index is 1650. The molecule has 0 spiro atoms. The molecule has 4 aromatic heterocycles. The van der Waals surface area contributed by atoms with Gasteiger partial charge in [-0.3, -0.25) is 14.9 Å². The second kappa shape index (κ2) is 6.88. The predicted molar refractivity (Wildman–Crippen MR) is 122 cm³/mol. The van der Waals surface area contributed by atoms with Gasteiger partial charge in [-0.15, -0.1) is 0 Å². The number of fused-ring (bicyclic) bond motifs is 2. The van der Waals surface area contributed by atoms with Gasteiger partial charge in [0, 0.05) is 41.3 Å². The molecule has 0 saturated heterocycles.